The van der Waals surface area contributed by atoms with Crippen LogP contribution in [-0.4, -0.2) is 49.6 Å². The maximum Gasteiger partial charge on any atom is 0.303 e. The molecule has 5 N–H and O–H groups in total. The molecule has 0 spiro atoms. The van der Waals surface area contributed by atoms with Crippen molar-refractivity contribution in [3.8, 4) is 0 Å². The van der Waals surface area contributed by atoms with Crippen molar-refractivity contribution in [2.75, 3.05) is 0 Å². The molecule has 232 valence electrons. The molecule has 2 aromatic rings. The number of nitrogens with one attached hydrogen (secondary N) is 3. The summed E-state index contributed by atoms with van der Waals surface area (Å²) in [4.78, 5) is 59.1. The second-order valence-electron chi connectivity index (χ2n) is 11.3. The number of carbonyl (C=O) groups excluding carboxylic acids is 2. The molecular weight excluding hydrogens is 580 g/mol. The fourth-order valence-electron chi connectivity index (χ4n) is 6.03. The number of carboxylic acid groups (broad SMARTS) is 2. The fraction of sp³-hybridized carbons (Fsp3) is 0.364. The lowest BCUT2D eigenvalue weighted by atomic mass is 9.97. The van der Waals surface area contributed by atoms with Crippen LogP contribution < -0.4 is 5.32 Å². The van der Waals surface area contributed by atoms with E-state index in [1.807, 2.05) is 27.7 Å². The van der Waals surface area contributed by atoms with Crippen LogP contribution in [-0.2, 0) is 51.3 Å². The quantitative estimate of drug-likeness (QED) is 0.169. The highest BCUT2D eigenvalue weighted by atomic mass is 32.1. The summed E-state index contributed by atoms with van der Waals surface area (Å²) in [5.41, 5.74) is 10.4. The highest BCUT2D eigenvalue weighted by Crippen LogP contribution is 2.31. The summed E-state index contributed by atoms with van der Waals surface area (Å²) in [6.07, 6.45) is 4.99. The number of hydrogen-bond donors (Lipinski definition) is 6. The van der Waals surface area contributed by atoms with Crippen LogP contribution in [0.25, 0.3) is 0 Å². The van der Waals surface area contributed by atoms with Gasteiger partial charge in [0.15, 0.2) is 0 Å². The Hall–Kier alpha value is -4.38. The first kappa shape index (κ1) is 32.5. The summed E-state index contributed by atoms with van der Waals surface area (Å²) in [7, 11) is 0. The van der Waals surface area contributed by atoms with Crippen LogP contribution in [0.15, 0.2) is 51.5 Å². The second-order valence-corrected chi connectivity index (χ2v) is 11.6. The van der Waals surface area contributed by atoms with Gasteiger partial charge in [-0.05, 0) is 79.3 Å². The third-order valence-electron chi connectivity index (χ3n) is 8.62. The summed E-state index contributed by atoms with van der Waals surface area (Å²) in [5.74, 6) is -2.55. The Kier molecular flexibility index (Phi) is 9.98. The summed E-state index contributed by atoms with van der Waals surface area (Å²) >= 11 is 4.19. The van der Waals surface area contributed by atoms with Gasteiger partial charge in [-0.3, -0.25) is 19.2 Å². The number of aliphatic imine (C=N–C) groups is 1. The molecule has 0 saturated carbocycles. The Morgan fingerprint density at radius 3 is 1.93 bits per heavy atom. The van der Waals surface area contributed by atoms with Crippen LogP contribution in [0.5, 0.6) is 0 Å². The van der Waals surface area contributed by atoms with Gasteiger partial charge in [0, 0.05) is 66.1 Å². The number of allylic oxidation sites excluding steroid dienone is 3. The van der Waals surface area contributed by atoms with Gasteiger partial charge in [-0.2, -0.15) is 12.6 Å². The van der Waals surface area contributed by atoms with Gasteiger partial charge in [-0.15, -0.1) is 0 Å². The van der Waals surface area contributed by atoms with Crippen LogP contribution in [0.2, 0.25) is 0 Å². The van der Waals surface area contributed by atoms with Crippen LogP contribution in [0.1, 0.15) is 71.7 Å². The third kappa shape index (κ3) is 6.72. The molecule has 2 aromatic heterocycles. The van der Waals surface area contributed by atoms with E-state index in [2.05, 4.69) is 39.5 Å². The van der Waals surface area contributed by atoms with Gasteiger partial charge in [0.05, 0.1) is 11.6 Å². The molecule has 11 heteroatoms. The smallest absolute Gasteiger partial charge is 0.303 e. The van der Waals surface area contributed by atoms with Gasteiger partial charge in [0.25, 0.3) is 5.91 Å². The van der Waals surface area contributed by atoms with Gasteiger partial charge in [-0.1, -0.05) is 18.7 Å². The average molecular weight is 619 g/mol. The number of aromatic amines is 2. The topological polar surface area (TPSA) is 165 Å². The molecule has 0 aromatic carbocycles. The molecule has 2 aliphatic rings. The van der Waals surface area contributed by atoms with Gasteiger partial charge in [-0.25, -0.2) is 4.99 Å². The molecule has 4 rings (SSSR count). The van der Waals surface area contributed by atoms with Crippen LogP contribution in [0, 0.1) is 19.8 Å². The van der Waals surface area contributed by atoms with E-state index in [1.54, 1.807) is 11.5 Å². The first-order valence-corrected chi connectivity index (χ1v) is 15.0. The maximum absolute atomic E-state index is 12.4. The van der Waals surface area contributed by atoms with E-state index in [0.717, 1.165) is 61.9 Å². The molecular formula is C33H38N4O6S. The Labute approximate surface area is 261 Å². The number of hydrogen-bond acceptors (Lipinski definition) is 5. The number of rotatable bonds is 14. The molecule has 1 atom stereocenters. The predicted molar refractivity (Wildman–Crippen MR) is 171 cm³/mol. The highest BCUT2D eigenvalue weighted by Gasteiger charge is 2.29. The van der Waals surface area contributed by atoms with Gasteiger partial charge < -0.3 is 25.5 Å². The zero-order chi connectivity index (χ0) is 32.3. The summed E-state index contributed by atoms with van der Waals surface area (Å²) in [6.45, 7) is 11.3. The standard InChI is InChI=1S/C33H38N4O6S/c1-6-20-16(2)26(36-33(20)43)13-24-17(3)21(7-9-30(38)39)27(34-24)15-28-22(8-10-31(40)41)18(4)25(35-28)14-29-23(11-12-44)19(5)32(42)37-29/h6,11-12,19,34-35,44H,1,7-10,13-15H2,2-5H3,(H,37,42)(H,38,39)(H,40,41)/b12-11+/t19-/m0/s1. The molecule has 0 unspecified atom stereocenters. The highest BCUT2D eigenvalue weighted by molar-refractivity contribution is 7.83. The molecule has 0 radical (unpaired) electrons. The number of aromatic nitrogens is 2. The molecule has 0 bridgehead atoms. The SMILES string of the molecule is C=CC1=C(C)C(Cc2[nH]c(Cc3[nH]c(CC4=C(/C=C/S)[C@H](C)C(=O)N4)c(C)c3CCC(=O)O)c(CCC(=O)O)c2C)=NC1=O. The first-order valence-electron chi connectivity index (χ1n) is 14.5. The number of thiol groups is 1. The van der Waals surface area contributed by atoms with E-state index < -0.39 is 11.9 Å². The third-order valence-corrected chi connectivity index (χ3v) is 8.77. The number of H-pyrrole nitrogens is 2. The van der Waals surface area contributed by atoms with E-state index in [1.165, 1.54) is 6.08 Å². The Morgan fingerprint density at radius 1 is 0.909 bits per heavy atom. The molecule has 0 saturated heterocycles. The van der Waals surface area contributed by atoms with Crippen molar-refractivity contribution in [1.82, 2.24) is 15.3 Å². The lowest BCUT2D eigenvalue weighted by molar-refractivity contribution is -0.138. The average Bonchev–Trinajstić information content (AvgIpc) is 3.60. The second kappa shape index (κ2) is 13.5. The van der Waals surface area contributed by atoms with Crippen molar-refractivity contribution in [3.63, 3.8) is 0 Å². The Bertz CT molecular complexity index is 1680. The monoisotopic (exact) mass is 618 g/mol. The van der Waals surface area contributed by atoms with Gasteiger partial charge >= 0.3 is 11.9 Å². The van der Waals surface area contributed by atoms with Gasteiger partial charge in [0.2, 0.25) is 5.91 Å². The molecule has 0 fully saturated rings. The number of amides is 2. The number of carboxylic acids is 2. The summed E-state index contributed by atoms with van der Waals surface area (Å²) in [5, 5.41) is 23.5. The van der Waals surface area contributed by atoms with Crippen molar-refractivity contribution >= 4 is 42.1 Å². The largest absolute Gasteiger partial charge is 0.481 e. The molecule has 44 heavy (non-hydrogen) atoms. The van der Waals surface area contributed by atoms with Gasteiger partial charge in [0.1, 0.15) is 0 Å². The van der Waals surface area contributed by atoms with Crippen molar-refractivity contribution < 1.29 is 29.4 Å². The van der Waals surface area contributed by atoms with Crippen molar-refractivity contribution in [2.24, 2.45) is 10.9 Å². The van der Waals surface area contributed by atoms with E-state index in [0.29, 0.717) is 43.4 Å². The normalized spacial score (nSPS) is 16.8. The number of aliphatic carboxylic acids is 2. The van der Waals surface area contributed by atoms with Crippen molar-refractivity contribution in [1.29, 1.82) is 0 Å². The zero-order valence-corrected chi connectivity index (χ0v) is 26.3. The van der Waals surface area contributed by atoms with E-state index >= 15 is 0 Å². The molecule has 2 amide bonds. The summed E-state index contributed by atoms with van der Waals surface area (Å²) in [6, 6.07) is 0. The minimum Gasteiger partial charge on any atom is -0.481 e. The Balaban J connectivity index is 1.75. The minimum atomic E-state index is -0.911. The van der Waals surface area contributed by atoms with Crippen LogP contribution in [0.3, 0.4) is 0 Å². The van der Waals surface area contributed by atoms with Crippen LogP contribution in [0.4, 0.5) is 0 Å². The maximum atomic E-state index is 12.4. The number of carbonyl (C=O) groups is 4. The fourth-order valence-corrected chi connectivity index (χ4v) is 6.20. The van der Waals surface area contributed by atoms with Crippen molar-refractivity contribution in [2.45, 2.75) is 72.6 Å². The zero-order valence-electron chi connectivity index (χ0n) is 25.4. The lowest BCUT2D eigenvalue weighted by Crippen LogP contribution is -2.20. The van der Waals surface area contributed by atoms with Crippen LogP contribution >= 0.6 is 12.6 Å². The lowest BCUT2D eigenvalue weighted by Gasteiger charge is -2.07. The molecule has 0 aliphatic carbocycles. The molecule has 2 aliphatic heterocycles. The predicted octanol–water partition coefficient (Wildman–Crippen LogP) is 4.62. The minimum absolute atomic E-state index is 0.0543. The number of nitrogens with zero attached hydrogens (tertiary/aromatic N) is 1. The van der Waals surface area contributed by atoms with E-state index in [9.17, 15) is 29.4 Å². The first-order chi connectivity index (χ1) is 20.9. The Morgan fingerprint density at radius 2 is 1.45 bits per heavy atom. The summed E-state index contributed by atoms with van der Waals surface area (Å²) < 4.78 is 0. The molecule has 10 nitrogen and oxygen atoms in total. The molecule has 4 heterocycles. The van der Waals surface area contributed by atoms with E-state index in [4.69, 9.17) is 0 Å². The van der Waals surface area contributed by atoms with Crippen molar-refractivity contribution in [3.05, 3.63) is 91.6 Å². The van der Waals surface area contributed by atoms with E-state index in [-0.39, 0.29) is 30.6 Å².